The number of ether oxygens (including phenoxy) is 1. The molecule has 0 unspecified atom stereocenters. The van der Waals surface area contributed by atoms with Crippen LogP contribution >= 0.6 is 0 Å². The van der Waals surface area contributed by atoms with Gasteiger partial charge in [-0.3, -0.25) is 4.98 Å². The lowest BCUT2D eigenvalue weighted by molar-refractivity contribution is 0.398. The Morgan fingerprint density at radius 1 is 1.19 bits per heavy atom. The summed E-state index contributed by atoms with van der Waals surface area (Å²) >= 11 is 0. The van der Waals surface area contributed by atoms with E-state index < -0.39 is 0 Å². The van der Waals surface area contributed by atoms with E-state index >= 15 is 0 Å². The number of nitrogens with zero attached hydrogens (tertiary/aromatic N) is 2. The highest BCUT2D eigenvalue weighted by atomic mass is 16.5. The first kappa shape index (κ1) is 10.4. The minimum Gasteiger partial charge on any atom is -0.481 e. The van der Waals surface area contributed by atoms with Crippen LogP contribution < -0.4 is 10.5 Å². The number of rotatable bonds is 2. The van der Waals surface area contributed by atoms with E-state index in [1.54, 1.807) is 19.5 Å². The van der Waals surface area contributed by atoms with Crippen molar-refractivity contribution in [3.05, 3.63) is 36.3 Å². The number of anilines is 1. The summed E-state index contributed by atoms with van der Waals surface area (Å²) in [5.41, 5.74) is 9.43. The maximum Gasteiger partial charge on any atom is 0.213 e. The molecule has 0 saturated heterocycles. The topological polar surface area (TPSA) is 61.0 Å². The van der Waals surface area contributed by atoms with Crippen molar-refractivity contribution in [2.45, 2.75) is 6.92 Å². The van der Waals surface area contributed by atoms with Crippen molar-refractivity contribution in [3.8, 4) is 17.0 Å². The van der Waals surface area contributed by atoms with E-state index in [9.17, 15) is 0 Å². The van der Waals surface area contributed by atoms with Crippen molar-refractivity contribution in [2.24, 2.45) is 0 Å². The molecule has 0 amide bonds. The fourth-order valence-electron chi connectivity index (χ4n) is 1.52. The van der Waals surface area contributed by atoms with Crippen LogP contribution in [0.15, 0.2) is 30.6 Å². The van der Waals surface area contributed by atoms with Gasteiger partial charge in [0.15, 0.2) is 0 Å². The molecule has 2 aromatic heterocycles. The summed E-state index contributed by atoms with van der Waals surface area (Å²) in [6.07, 6.45) is 3.44. The summed E-state index contributed by atoms with van der Waals surface area (Å²) in [5, 5.41) is 0. The molecule has 82 valence electrons. The van der Waals surface area contributed by atoms with E-state index in [0.717, 1.165) is 16.8 Å². The van der Waals surface area contributed by atoms with Crippen molar-refractivity contribution in [3.63, 3.8) is 0 Å². The number of nitrogens with two attached hydrogens (primary N) is 1. The highest BCUT2D eigenvalue weighted by Gasteiger charge is 2.06. The lowest BCUT2D eigenvalue weighted by Gasteiger charge is -2.08. The van der Waals surface area contributed by atoms with E-state index in [2.05, 4.69) is 9.97 Å². The van der Waals surface area contributed by atoms with Crippen LogP contribution in [0, 0.1) is 6.92 Å². The Morgan fingerprint density at radius 3 is 2.69 bits per heavy atom. The minimum absolute atomic E-state index is 0.575. The van der Waals surface area contributed by atoms with Gasteiger partial charge in [-0.05, 0) is 24.6 Å². The number of hydrogen-bond acceptors (Lipinski definition) is 4. The molecule has 2 N–H and O–H groups in total. The first-order valence-electron chi connectivity index (χ1n) is 4.94. The van der Waals surface area contributed by atoms with Gasteiger partial charge in [-0.2, -0.15) is 0 Å². The molecular formula is C12H13N3O. The number of methoxy groups -OCH3 is 1. The zero-order valence-corrected chi connectivity index (χ0v) is 9.27. The maximum absolute atomic E-state index is 5.98. The van der Waals surface area contributed by atoms with E-state index in [1.807, 2.05) is 25.1 Å². The molecule has 0 aliphatic carbocycles. The quantitative estimate of drug-likeness (QED) is 0.832. The van der Waals surface area contributed by atoms with Crippen molar-refractivity contribution in [2.75, 3.05) is 12.8 Å². The third-order valence-corrected chi connectivity index (χ3v) is 2.44. The molecule has 2 aromatic rings. The molecule has 0 atom stereocenters. The standard InChI is InChI=1S/C12H13N3O/c1-8-12(13)10(4-6-14-8)9-3-5-15-11(7-9)16-2/h3-7H,13H2,1-2H3. The number of nitrogen functional groups attached to an aromatic ring is 1. The highest BCUT2D eigenvalue weighted by Crippen LogP contribution is 2.28. The number of aryl methyl sites for hydroxylation is 1. The van der Waals surface area contributed by atoms with Gasteiger partial charge in [-0.1, -0.05) is 0 Å². The van der Waals surface area contributed by atoms with E-state index in [1.165, 1.54) is 0 Å². The van der Waals surface area contributed by atoms with Crippen molar-refractivity contribution < 1.29 is 4.74 Å². The lowest BCUT2D eigenvalue weighted by atomic mass is 10.1. The predicted molar refractivity (Wildman–Crippen MR) is 63.2 cm³/mol. The summed E-state index contributed by atoms with van der Waals surface area (Å²) in [7, 11) is 1.59. The Bertz CT molecular complexity index is 511. The first-order valence-corrected chi connectivity index (χ1v) is 4.94. The molecule has 0 aliphatic rings. The molecule has 0 fully saturated rings. The maximum atomic E-state index is 5.98. The number of aromatic nitrogens is 2. The molecule has 2 rings (SSSR count). The first-order chi connectivity index (χ1) is 7.72. The molecule has 0 saturated carbocycles. The second-order valence-corrected chi connectivity index (χ2v) is 3.44. The summed E-state index contributed by atoms with van der Waals surface area (Å²) in [5.74, 6) is 0.575. The Labute approximate surface area is 94.1 Å². The Hall–Kier alpha value is -2.10. The van der Waals surface area contributed by atoms with Gasteiger partial charge in [0.05, 0.1) is 18.5 Å². The molecule has 4 heteroatoms. The fraction of sp³-hybridized carbons (Fsp3) is 0.167. The van der Waals surface area contributed by atoms with Gasteiger partial charge < -0.3 is 10.5 Å². The molecule has 0 spiro atoms. The van der Waals surface area contributed by atoms with Crippen LogP contribution in [0.3, 0.4) is 0 Å². The predicted octanol–water partition coefficient (Wildman–Crippen LogP) is 2.04. The van der Waals surface area contributed by atoms with Crippen LogP contribution in [0.4, 0.5) is 5.69 Å². The minimum atomic E-state index is 0.575. The van der Waals surface area contributed by atoms with Crippen LogP contribution in [-0.2, 0) is 0 Å². The Kier molecular flexibility index (Phi) is 2.72. The van der Waals surface area contributed by atoms with Crippen LogP contribution in [0.2, 0.25) is 0 Å². The van der Waals surface area contributed by atoms with Gasteiger partial charge in [-0.25, -0.2) is 4.98 Å². The molecule has 2 heterocycles. The lowest BCUT2D eigenvalue weighted by Crippen LogP contribution is -1.96. The molecule has 0 aromatic carbocycles. The van der Waals surface area contributed by atoms with Gasteiger partial charge in [0.1, 0.15) is 0 Å². The van der Waals surface area contributed by atoms with Crippen LogP contribution in [0.5, 0.6) is 5.88 Å². The van der Waals surface area contributed by atoms with Crippen LogP contribution in [0.25, 0.3) is 11.1 Å². The van der Waals surface area contributed by atoms with Gasteiger partial charge in [0.2, 0.25) is 5.88 Å². The summed E-state index contributed by atoms with van der Waals surface area (Å²) < 4.78 is 5.08. The Morgan fingerprint density at radius 2 is 1.94 bits per heavy atom. The van der Waals surface area contributed by atoms with Crippen LogP contribution in [-0.4, -0.2) is 17.1 Å². The SMILES string of the molecule is COc1cc(-c2ccnc(C)c2N)ccn1. The normalized spacial score (nSPS) is 10.1. The largest absolute Gasteiger partial charge is 0.481 e. The average molecular weight is 215 g/mol. The molecule has 16 heavy (non-hydrogen) atoms. The van der Waals surface area contributed by atoms with Gasteiger partial charge in [-0.15, -0.1) is 0 Å². The zero-order chi connectivity index (χ0) is 11.5. The zero-order valence-electron chi connectivity index (χ0n) is 9.27. The van der Waals surface area contributed by atoms with Crippen LogP contribution in [0.1, 0.15) is 5.69 Å². The smallest absolute Gasteiger partial charge is 0.213 e. The average Bonchev–Trinajstić information content (AvgIpc) is 2.33. The van der Waals surface area contributed by atoms with E-state index in [-0.39, 0.29) is 0 Å². The highest BCUT2D eigenvalue weighted by molar-refractivity contribution is 5.77. The third-order valence-electron chi connectivity index (χ3n) is 2.44. The summed E-state index contributed by atoms with van der Waals surface area (Å²) in [6.45, 7) is 1.89. The van der Waals surface area contributed by atoms with E-state index in [0.29, 0.717) is 11.6 Å². The molecule has 0 aliphatic heterocycles. The molecular weight excluding hydrogens is 202 g/mol. The monoisotopic (exact) mass is 215 g/mol. The number of pyridine rings is 2. The fourth-order valence-corrected chi connectivity index (χ4v) is 1.52. The van der Waals surface area contributed by atoms with Gasteiger partial charge in [0.25, 0.3) is 0 Å². The molecule has 0 radical (unpaired) electrons. The van der Waals surface area contributed by atoms with Crippen molar-refractivity contribution >= 4 is 5.69 Å². The summed E-state index contributed by atoms with van der Waals surface area (Å²) in [4.78, 5) is 8.19. The van der Waals surface area contributed by atoms with Gasteiger partial charge in [0, 0.05) is 24.0 Å². The molecule has 4 nitrogen and oxygen atoms in total. The summed E-state index contributed by atoms with van der Waals surface area (Å²) in [6, 6.07) is 5.63. The molecule has 0 bridgehead atoms. The Balaban J connectivity index is 2.54. The van der Waals surface area contributed by atoms with Crippen molar-refractivity contribution in [1.82, 2.24) is 9.97 Å². The van der Waals surface area contributed by atoms with E-state index in [4.69, 9.17) is 10.5 Å². The second-order valence-electron chi connectivity index (χ2n) is 3.44. The second kappa shape index (κ2) is 4.18. The number of hydrogen-bond donors (Lipinski definition) is 1. The third kappa shape index (κ3) is 1.82. The van der Waals surface area contributed by atoms with Crippen molar-refractivity contribution in [1.29, 1.82) is 0 Å². The van der Waals surface area contributed by atoms with Gasteiger partial charge >= 0.3 is 0 Å².